The molecule has 1 atom stereocenters. The summed E-state index contributed by atoms with van der Waals surface area (Å²) in [7, 11) is -3.56. The molecule has 21 heavy (non-hydrogen) atoms. The van der Waals surface area contributed by atoms with Gasteiger partial charge in [-0.25, -0.2) is 13.1 Å². The van der Waals surface area contributed by atoms with Crippen molar-refractivity contribution in [3.8, 4) is 0 Å². The predicted octanol–water partition coefficient (Wildman–Crippen LogP) is 1.67. The Morgan fingerprint density at radius 1 is 1.33 bits per heavy atom. The van der Waals surface area contributed by atoms with Crippen molar-refractivity contribution >= 4 is 33.2 Å². The summed E-state index contributed by atoms with van der Waals surface area (Å²) in [6, 6.07) is 6.75. The average molecular weight is 328 g/mol. The Hall–Kier alpha value is -1.21. The summed E-state index contributed by atoms with van der Waals surface area (Å²) in [5.41, 5.74) is 5.67. The van der Waals surface area contributed by atoms with Gasteiger partial charge in [0.05, 0.1) is 4.90 Å². The standard InChI is InChI=1S/C14H17N3O2S.ClH/c15-8-13(10-4-5-10)17-20(18,19)14-3-1-2-11-9-16-7-6-12(11)14;/h1-3,6-7,9-10,13,17H,4-5,8,15H2;1H. The minimum absolute atomic E-state index is 0. The van der Waals surface area contributed by atoms with Crippen LogP contribution in [0.25, 0.3) is 10.8 Å². The quantitative estimate of drug-likeness (QED) is 0.874. The molecule has 7 heteroatoms. The van der Waals surface area contributed by atoms with Crippen molar-refractivity contribution in [2.24, 2.45) is 11.7 Å². The molecule has 3 rings (SSSR count). The highest BCUT2D eigenvalue weighted by Crippen LogP contribution is 2.33. The molecule has 1 aromatic heterocycles. The molecule has 1 aliphatic carbocycles. The number of nitrogens with zero attached hydrogens (tertiary/aromatic N) is 1. The van der Waals surface area contributed by atoms with Gasteiger partial charge in [-0.3, -0.25) is 4.98 Å². The highest BCUT2D eigenvalue weighted by molar-refractivity contribution is 7.89. The lowest BCUT2D eigenvalue weighted by Gasteiger charge is -2.17. The first-order chi connectivity index (χ1) is 9.62. The maximum atomic E-state index is 12.6. The molecule has 114 valence electrons. The zero-order valence-electron chi connectivity index (χ0n) is 11.4. The lowest BCUT2D eigenvalue weighted by Crippen LogP contribution is -2.41. The fraction of sp³-hybridized carbons (Fsp3) is 0.357. The maximum absolute atomic E-state index is 12.6. The van der Waals surface area contributed by atoms with Crippen LogP contribution in [-0.2, 0) is 10.0 Å². The summed E-state index contributed by atoms with van der Waals surface area (Å²) in [6.45, 7) is 0.330. The van der Waals surface area contributed by atoms with Gasteiger partial charge in [-0.2, -0.15) is 0 Å². The smallest absolute Gasteiger partial charge is 0.241 e. The number of rotatable bonds is 5. The fourth-order valence-corrected chi connectivity index (χ4v) is 3.97. The number of halogens is 1. The zero-order valence-corrected chi connectivity index (χ0v) is 13.0. The Morgan fingerprint density at radius 3 is 2.76 bits per heavy atom. The summed E-state index contributed by atoms with van der Waals surface area (Å²) in [5, 5.41) is 1.49. The van der Waals surface area contributed by atoms with E-state index in [-0.39, 0.29) is 23.3 Å². The lowest BCUT2D eigenvalue weighted by molar-refractivity contribution is 0.519. The third-order valence-electron chi connectivity index (χ3n) is 3.68. The van der Waals surface area contributed by atoms with Gasteiger partial charge in [0.15, 0.2) is 0 Å². The predicted molar refractivity (Wildman–Crippen MR) is 84.9 cm³/mol. The number of pyridine rings is 1. The van der Waals surface area contributed by atoms with Crippen LogP contribution in [0.5, 0.6) is 0 Å². The van der Waals surface area contributed by atoms with Crippen LogP contribution in [0.1, 0.15) is 12.8 Å². The van der Waals surface area contributed by atoms with Crippen LogP contribution >= 0.6 is 12.4 Å². The van der Waals surface area contributed by atoms with E-state index in [9.17, 15) is 8.42 Å². The van der Waals surface area contributed by atoms with Crippen LogP contribution < -0.4 is 10.5 Å². The van der Waals surface area contributed by atoms with Crippen molar-refractivity contribution in [3.63, 3.8) is 0 Å². The number of benzene rings is 1. The largest absolute Gasteiger partial charge is 0.329 e. The number of hydrogen-bond acceptors (Lipinski definition) is 4. The molecule has 0 saturated heterocycles. The van der Waals surface area contributed by atoms with E-state index in [0.29, 0.717) is 17.8 Å². The van der Waals surface area contributed by atoms with Gasteiger partial charge in [0.25, 0.3) is 0 Å². The van der Waals surface area contributed by atoms with E-state index in [1.165, 1.54) is 0 Å². The van der Waals surface area contributed by atoms with E-state index >= 15 is 0 Å². The third kappa shape index (κ3) is 3.35. The number of nitrogens with one attached hydrogen (secondary N) is 1. The molecule has 5 nitrogen and oxygen atoms in total. The highest BCUT2D eigenvalue weighted by atomic mass is 35.5. The molecule has 0 bridgehead atoms. The zero-order chi connectivity index (χ0) is 14.2. The molecule has 1 heterocycles. The van der Waals surface area contributed by atoms with Gasteiger partial charge in [-0.05, 0) is 30.9 Å². The Bertz CT molecular complexity index is 727. The Morgan fingerprint density at radius 2 is 2.10 bits per heavy atom. The minimum atomic E-state index is -3.56. The SMILES string of the molecule is Cl.NCC(NS(=O)(=O)c1cccc2cnccc12)C1CC1. The average Bonchev–Trinajstić information content (AvgIpc) is 3.29. The van der Waals surface area contributed by atoms with E-state index in [1.807, 2.05) is 6.07 Å². The summed E-state index contributed by atoms with van der Waals surface area (Å²) in [6.07, 6.45) is 5.35. The summed E-state index contributed by atoms with van der Waals surface area (Å²) in [5.74, 6) is 0.381. The van der Waals surface area contributed by atoms with Gasteiger partial charge in [0.1, 0.15) is 0 Å². The number of aromatic nitrogens is 1. The first kappa shape index (κ1) is 16.2. The van der Waals surface area contributed by atoms with Crippen LogP contribution in [0, 0.1) is 5.92 Å². The first-order valence-electron chi connectivity index (χ1n) is 6.67. The molecule has 1 aliphatic rings. The van der Waals surface area contributed by atoms with Crippen LogP contribution in [0.4, 0.5) is 0 Å². The molecular weight excluding hydrogens is 310 g/mol. The topological polar surface area (TPSA) is 85.1 Å². The van der Waals surface area contributed by atoms with Crippen LogP contribution in [0.15, 0.2) is 41.6 Å². The van der Waals surface area contributed by atoms with Gasteiger partial charge >= 0.3 is 0 Å². The molecule has 1 fully saturated rings. The number of sulfonamides is 1. The second-order valence-electron chi connectivity index (χ2n) is 5.15. The molecule has 1 aromatic carbocycles. The summed E-state index contributed by atoms with van der Waals surface area (Å²) >= 11 is 0. The summed E-state index contributed by atoms with van der Waals surface area (Å²) < 4.78 is 27.9. The second-order valence-corrected chi connectivity index (χ2v) is 6.84. The summed E-state index contributed by atoms with van der Waals surface area (Å²) in [4.78, 5) is 4.30. The first-order valence-corrected chi connectivity index (χ1v) is 8.15. The van der Waals surface area contributed by atoms with Crippen molar-refractivity contribution in [1.29, 1.82) is 0 Å². The van der Waals surface area contributed by atoms with Gasteiger partial charge in [0.2, 0.25) is 10.0 Å². The second kappa shape index (κ2) is 6.27. The molecule has 0 radical (unpaired) electrons. The molecule has 3 N–H and O–H groups in total. The molecular formula is C14H18ClN3O2S. The Kier molecular flexibility index (Phi) is 4.83. The van der Waals surface area contributed by atoms with Crippen molar-refractivity contribution in [2.45, 2.75) is 23.8 Å². The maximum Gasteiger partial charge on any atom is 0.241 e. The number of fused-ring (bicyclic) bond motifs is 1. The lowest BCUT2D eigenvalue weighted by atomic mass is 10.2. The number of nitrogens with two attached hydrogens (primary N) is 1. The Balaban J connectivity index is 0.00000161. The van der Waals surface area contributed by atoms with E-state index in [1.54, 1.807) is 30.6 Å². The van der Waals surface area contributed by atoms with E-state index in [0.717, 1.165) is 18.2 Å². The van der Waals surface area contributed by atoms with Gasteiger partial charge in [0, 0.05) is 35.8 Å². The Labute approximate surface area is 130 Å². The molecule has 0 amide bonds. The van der Waals surface area contributed by atoms with E-state index in [2.05, 4.69) is 9.71 Å². The highest BCUT2D eigenvalue weighted by Gasteiger charge is 2.33. The van der Waals surface area contributed by atoms with Crippen LogP contribution in [-0.4, -0.2) is 26.0 Å². The van der Waals surface area contributed by atoms with Crippen LogP contribution in [0.2, 0.25) is 0 Å². The number of hydrogen-bond donors (Lipinski definition) is 2. The minimum Gasteiger partial charge on any atom is -0.329 e. The van der Waals surface area contributed by atoms with E-state index in [4.69, 9.17) is 5.73 Å². The molecule has 2 aromatic rings. The van der Waals surface area contributed by atoms with Crippen molar-refractivity contribution in [2.75, 3.05) is 6.54 Å². The normalized spacial score (nSPS) is 16.4. The van der Waals surface area contributed by atoms with Crippen molar-refractivity contribution in [3.05, 3.63) is 36.7 Å². The molecule has 1 unspecified atom stereocenters. The van der Waals surface area contributed by atoms with Gasteiger partial charge < -0.3 is 5.73 Å². The monoisotopic (exact) mass is 327 g/mol. The van der Waals surface area contributed by atoms with Crippen LogP contribution in [0.3, 0.4) is 0 Å². The fourth-order valence-electron chi connectivity index (χ4n) is 2.43. The van der Waals surface area contributed by atoms with Gasteiger partial charge in [-0.15, -0.1) is 12.4 Å². The molecule has 0 aliphatic heterocycles. The van der Waals surface area contributed by atoms with Crippen molar-refractivity contribution < 1.29 is 8.42 Å². The van der Waals surface area contributed by atoms with E-state index < -0.39 is 10.0 Å². The van der Waals surface area contributed by atoms with Crippen molar-refractivity contribution in [1.82, 2.24) is 9.71 Å². The molecule has 0 spiro atoms. The third-order valence-corrected chi connectivity index (χ3v) is 5.23. The molecule has 1 saturated carbocycles. The van der Waals surface area contributed by atoms with Gasteiger partial charge in [-0.1, -0.05) is 12.1 Å².